The summed E-state index contributed by atoms with van der Waals surface area (Å²) in [4.78, 5) is 18.2. The average Bonchev–Trinajstić information content (AvgIpc) is 2.55. The van der Waals surface area contributed by atoms with E-state index in [1.54, 1.807) is 24.3 Å². The van der Waals surface area contributed by atoms with Gasteiger partial charge in [0.25, 0.3) is 0 Å². The summed E-state index contributed by atoms with van der Waals surface area (Å²) >= 11 is 0. The minimum absolute atomic E-state index is 0.0407. The van der Waals surface area contributed by atoms with Crippen LogP contribution in [0.1, 0.15) is 5.56 Å². The van der Waals surface area contributed by atoms with Gasteiger partial charge in [-0.15, -0.1) is 0 Å². The Bertz CT molecular complexity index is 928. The third-order valence-corrected chi connectivity index (χ3v) is 3.51. The summed E-state index contributed by atoms with van der Waals surface area (Å²) < 4.78 is 5.32. The van der Waals surface area contributed by atoms with Crippen LogP contribution < -0.4 is 10.5 Å². The number of rotatable bonds is 3. The van der Waals surface area contributed by atoms with Crippen LogP contribution in [0.2, 0.25) is 0 Å². The fourth-order valence-corrected chi connectivity index (χ4v) is 2.23. The molecule has 116 valence electrons. The van der Waals surface area contributed by atoms with Crippen molar-refractivity contribution < 1.29 is 9.52 Å². The molecule has 0 aliphatic carbocycles. The smallest absolute Gasteiger partial charge is 0.348 e. The van der Waals surface area contributed by atoms with Gasteiger partial charge in [-0.2, -0.15) is 0 Å². The van der Waals surface area contributed by atoms with E-state index in [0.717, 1.165) is 5.69 Å². The maximum Gasteiger partial charge on any atom is 0.348 e. The minimum atomic E-state index is -0.620. The monoisotopic (exact) mass is 308 g/mol. The first-order valence-corrected chi connectivity index (χ1v) is 7.12. The predicted octanol–water partition coefficient (Wildman–Crippen LogP) is 3.32. The maximum atomic E-state index is 12.1. The van der Waals surface area contributed by atoms with Crippen molar-refractivity contribution in [2.24, 2.45) is 4.99 Å². The Morgan fingerprint density at radius 2 is 1.87 bits per heavy atom. The van der Waals surface area contributed by atoms with Gasteiger partial charge in [0.05, 0.1) is 11.1 Å². The molecular weight excluding hydrogens is 292 g/mol. The van der Waals surface area contributed by atoms with Crippen molar-refractivity contribution in [2.45, 2.75) is 0 Å². The quantitative estimate of drug-likeness (QED) is 0.595. The second-order valence-electron chi connectivity index (χ2n) is 5.32. The molecule has 0 bridgehead atoms. The molecule has 1 N–H and O–H groups in total. The molecule has 2 aromatic carbocycles. The first-order chi connectivity index (χ1) is 11.1. The lowest BCUT2D eigenvalue weighted by molar-refractivity contribution is 0.466. The molecule has 0 atom stereocenters. The highest BCUT2D eigenvalue weighted by atomic mass is 16.4. The van der Waals surface area contributed by atoms with Crippen LogP contribution in [0, 0.1) is 0 Å². The van der Waals surface area contributed by atoms with Crippen molar-refractivity contribution in [3.63, 3.8) is 0 Å². The SMILES string of the molecule is CN(C)c1ccc2c(O)c(C=Nc3ccccc3)c(=O)oc2c1. The van der Waals surface area contributed by atoms with Gasteiger partial charge in [0, 0.05) is 32.1 Å². The number of nitrogens with zero attached hydrogens (tertiary/aromatic N) is 2. The molecule has 0 aliphatic rings. The summed E-state index contributed by atoms with van der Waals surface area (Å²) in [5.41, 5.74) is 1.33. The van der Waals surface area contributed by atoms with E-state index in [0.29, 0.717) is 16.7 Å². The van der Waals surface area contributed by atoms with Gasteiger partial charge < -0.3 is 14.4 Å². The Morgan fingerprint density at radius 1 is 1.13 bits per heavy atom. The van der Waals surface area contributed by atoms with Crippen molar-refractivity contribution in [1.82, 2.24) is 0 Å². The van der Waals surface area contributed by atoms with Crippen LogP contribution in [0.15, 0.2) is 62.7 Å². The van der Waals surface area contributed by atoms with E-state index >= 15 is 0 Å². The standard InChI is InChI=1S/C18H16N2O3/c1-20(2)13-8-9-14-16(10-13)23-18(22)15(17(14)21)11-19-12-6-4-3-5-7-12/h3-11,21H,1-2H3. The fraction of sp³-hybridized carbons (Fsp3) is 0.111. The van der Waals surface area contributed by atoms with Crippen molar-refractivity contribution in [1.29, 1.82) is 0 Å². The number of benzene rings is 2. The average molecular weight is 308 g/mol. The topological polar surface area (TPSA) is 66.0 Å². The zero-order chi connectivity index (χ0) is 16.4. The normalized spacial score (nSPS) is 11.2. The van der Waals surface area contributed by atoms with Crippen LogP contribution >= 0.6 is 0 Å². The maximum absolute atomic E-state index is 12.1. The number of hydrogen-bond donors (Lipinski definition) is 1. The van der Waals surface area contributed by atoms with E-state index in [4.69, 9.17) is 4.42 Å². The van der Waals surface area contributed by atoms with Crippen molar-refractivity contribution in [2.75, 3.05) is 19.0 Å². The molecule has 0 radical (unpaired) electrons. The number of aliphatic imine (C=N–C) groups is 1. The summed E-state index contributed by atoms with van der Waals surface area (Å²) in [6, 6.07) is 14.5. The Balaban J connectivity index is 2.10. The third-order valence-electron chi connectivity index (χ3n) is 3.51. The molecule has 1 heterocycles. The molecule has 0 amide bonds. The summed E-state index contributed by atoms with van der Waals surface area (Å²) in [6.07, 6.45) is 1.33. The molecule has 0 saturated heterocycles. The summed E-state index contributed by atoms with van der Waals surface area (Å²) in [5.74, 6) is -0.124. The largest absolute Gasteiger partial charge is 0.506 e. The van der Waals surface area contributed by atoms with Crippen LogP contribution in [0.4, 0.5) is 11.4 Å². The Hall–Kier alpha value is -3.08. The van der Waals surface area contributed by atoms with E-state index in [9.17, 15) is 9.90 Å². The van der Waals surface area contributed by atoms with E-state index < -0.39 is 5.63 Å². The van der Waals surface area contributed by atoms with Gasteiger partial charge >= 0.3 is 5.63 Å². The Labute approximate surface area is 133 Å². The predicted molar refractivity (Wildman–Crippen MR) is 92.2 cm³/mol. The molecule has 0 saturated carbocycles. The van der Waals surface area contributed by atoms with Crippen LogP contribution in [0.25, 0.3) is 11.0 Å². The highest BCUT2D eigenvalue weighted by molar-refractivity contribution is 5.95. The fourth-order valence-electron chi connectivity index (χ4n) is 2.23. The molecule has 3 rings (SSSR count). The number of aromatic hydroxyl groups is 1. The Morgan fingerprint density at radius 3 is 2.57 bits per heavy atom. The molecule has 1 aromatic heterocycles. The van der Waals surface area contributed by atoms with Crippen molar-refractivity contribution >= 4 is 28.6 Å². The van der Waals surface area contributed by atoms with E-state index in [-0.39, 0.29) is 11.3 Å². The summed E-state index contributed by atoms with van der Waals surface area (Å²) in [7, 11) is 3.78. The summed E-state index contributed by atoms with van der Waals surface area (Å²) in [5, 5.41) is 10.8. The lowest BCUT2D eigenvalue weighted by atomic mass is 10.1. The number of para-hydroxylation sites is 1. The molecule has 0 fully saturated rings. The van der Waals surface area contributed by atoms with E-state index in [2.05, 4.69) is 4.99 Å². The van der Waals surface area contributed by atoms with Crippen LogP contribution in [-0.2, 0) is 0 Å². The lowest BCUT2D eigenvalue weighted by Gasteiger charge is -2.12. The first kappa shape index (κ1) is 14.8. The lowest BCUT2D eigenvalue weighted by Crippen LogP contribution is -2.10. The van der Waals surface area contributed by atoms with Gasteiger partial charge in [-0.1, -0.05) is 18.2 Å². The highest BCUT2D eigenvalue weighted by Gasteiger charge is 2.13. The highest BCUT2D eigenvalue weighted by Crippen LogP contribution is 2.28. The van der Waals surface area contributed by atoms with Crippen molar-refractivity contribution in [3.8, 4) is 5.75 Å². The van der Waals surface area contributed by atoms with Gasteiger partial charge in [-0.3, -0.25) is 4.99 Å². The Kier molecular flexibility index (Phi) is 3.85. The van der Waals surface area contributed by atoms with Gasteiger partial charge in [0.15, 0.2) is 0 Å². The first-order valence-electron chi connectivity index (χ1n) is 7.12. The minimum Gasteiger partial charge on any atom is -0.506 e. The van der Waals surface area contributed by atoms with Gasteiger partial charge in [-0.05, 0) is 24.3 Å². The van der Waals surface area contributed by atoms with Gasteiger partial charge in [0.2, 0.25) is 0 Å². The van der Waals surface area contributed by atoms with Crippen LogP contribution in [-0.4, -0.2) is 25.4 Å². The third kappa shape index (κ3) is 2.94. The zero-order valence-corrected chi connectivity index (χ0v) is 12.9. The molecular formula is C18H16N2O3. The molecule has 23 heavy (non-hydrogen) atoms. The molecule has 5 nitrogen and oxygen atoms in total. The number of anilines is 1. The molecule has 5 heteroatoms. The second-order valence-corrected chi connectivity index (χ2v) is 5.32. The zero-order valence-electron chi connectivity index (χ0n) is 12.9. The van der Waals surface area contributed by atoms with Crippen molar-refractivity contribution in [3.05, 3.63) is 64.5 Å². The van der Waals surface area contributed by atoms with Gasteiger partial charge in [0.1, 0.15) is 16.9 Å². The summed E-state index contributed by atoms with van der Waals surface area (Å²) in [6.45, 7) is 0. The second kappa shape index (κ2) is 5.96. The molecule has 0 aliphatic heterocycles. The molecule has 0 unspecified atom stereocenters. The molecule has 0 spiro atoms. The number of fused-ring (bicyclic) bond motifs is 1. The van der Waals surface area contributed by atoms with Crippen LogP contribution in [0.3, 0.4) is 0 Å². The van der Waals surface area contributed by atoms with E-state index in [1.807, 2.05) is 43.3 Å². The van der Waals surface area contributed by atoms with E-state index in [1.165, 1.54) is 6.21 Å². The number of hydrogen-bond acceptors (Lipinski definition) is 5. The van der Waals surface area contributed by atoms with Gasteiger partial charge in [-0.25, -0.2) is 4.79 Å². The van der Waals surface area contributed by atoms with Crippen LogP contribution in [0.5, 0.6) is 5.75 Å². The molecule has 3 aromatic rings.